The summed E-state index contributed by atoms with van der Waals surface area (Å²) in [5.41, 5.74) is 2.72. The first-order valence-corrected chi connectivity index (χ1v) is 6.74. The third-order valence-electron chi connectivity index (χ3n) is 3.53. The number of hydrogen-bond donors (Lipinski definition) is 3. The van der Waals surface area contributed by atoms with Crippen molar-refractivity contribution in [2.45, 2.75) is 13.0 Å². The van der Waals surface area contributed by atoms with Crippen molar-refractivity contribution in [3.8, 4) is 11.5 Å². The number of nitrogens with zero attached hydrogens (tertiary/aromatic N) is 1. The highest BCUT2D eigenvalue weighted by Crippen LogP contribution is 2.30. The summed E-state index contributed by atoms with van der Waals surface area (Å²) in [4.78, 5) is 0. The Hall–Kier alpha value is -2.69. The second-order valence-corrected chi connectivity index (χ2v) is 4.96. The third kappa shape index (κ3) is 2.63. The summed E-state index contributed by atoms with van der Waals surface area (Å²) in [6.07, 6.45) is 1.79. The Labute approximate surface area is 122 Å². The van der Waals surface area contributed by atoms with Gasteiger partial charge in [0.1, 0.15) is 11.5 Å². The van der Waals surface area contributed by atoms with Crippen molar-refractivity contribution in [2.24, 2.45) is 0 Å². The molecule has 21 heavy (non-hydrogen) atoms. The van der Waals surface area contributed by atoms with Crippen molar-refractivity contribution >= 4 is 16.6 Å². The molecular weight excluding hydrogens is 266 g/mol. The first kappa shape index (κ1) is 13.3. The SMILES string of the molecule is COc1ccc(O)c(C(C)Nc2ccc3cn[nH]c3c2)c1. The van der Waals surface area contributed by atoms with Crippen LogP contribution in [0.25, 0.3) is 10.9 Å². The van der Waals surface area contributed by atoms with Gasteiger partial charge in [0.15, 0.2) is 0 Å². The van der Waals surface area contributed by atoms with Crippen LogP contribution in [0.3, 0.4) is 0 Å². The van der Waals surface area contributed by atoms with Gasteiger partial charge in [0, 0.05) is 16.6 Å². The van der Waals surface area contributed by atoms with Gasteiger partial charge in [-0.15, -0.1) is 0 Å². The quantitative estimate of drug-likeness (QED) is 0.686. The largest absolute Gasteiger partial charge is 0.508 e. The van der Waals surface area contributed by atoms with Gasteiger partial charge < -0.3 is 15.2 Å². The molecule has 0 saturated carbocycles. The third-order valence-corrected chi connectivity index (χ3v) is 3.53. The number of aromatic hydroxyl groups is 1. The van der Waals surface area contributed by atoms with Crippen LogP contribution in [-0.2, 0) is 0 Å². The fourth-order valence-corrected chi connectivity index (χ4v) is 2.36. The van der Waals surface area contributed by atoms with E-state index in [2.05, 4.69) is 15.5 Å². The van der Waals surface area contributed by atoms with Crippen molar-refractivity contribution in [3.05, 3.63) is 48.2 Å². The molecule has 3 rings (SSSR count). The Bertz CT molecular complexity index is 767. The van der Waals surface area contributed by atoms with Gasteiger partial charge in [0.25, 0.3) is 0 Å². The molecule has 2 aromatic carbocycles. The smallest absolute Gasteiger partial charge is 0.121 e. The number of rotatable bonds is 4. The van der Waals surface area contributed by atoms with Crippen molar-refractivity contribution < 1.29 is 9.84 Å². The number of fused-ring (bicyclic) bond motifs is 1. The molecule has 0 aliphatic rings. The molecule has 108 valence electrons. The predicted octanol–water partition coefficient (Wildman–Crippen LogP) is 3.45. The maximum Gasteiger partial charge on any atom is 0.121 e. The van der Waals surface area contributed by atoms with Crippen LogP contribution in [0.15, 0.2) is 42.6 Å². The summed E-state index contributed by atoms with van der Waals surface area (Å²) >= 11 is 0. The molecule has 3 N–H and O–H groups in total. The van der Waals surface area contributed by atoms with E-state index < -0.39 is 0 Å². The Morgan fingerprint density at radius 3 is 2.90 bits per heavy atom. The Morgan fingerprint density at radius 2 is 2.10 bits per heavy atom. The number of methoxy groups -OCH3 is 1. The zero-order chi connectivity index (χ0) is 14.8. The van der Waals surface area contributed by atoms with E-state index in [9.17, 15) is 5.11 Å². The van der Waals surface area contributed by atoms with E-state index in [1.165, 1.54) is 0 Å². The molecule has 5 heteroatoms. The van der Waals surface area contributed by atoms with Gasteiger partial charge in [-0.05, 0) is 43.3 Å². The molecular formula is C16H17N3O2. The number of ether oxygens (including phenoxy) is 1. The Kier molecular flexibility index (Phi) is 3.39. The number of benzene rings is 2. The molecule has 0 spiro atoms. The van der Waals surface area contributed by atoms with Crippen LogP contribution in [0.1, 0.15) is 18.5 Å². The van der Waals surface area contributed by atoms with E-state index in [1.54, 1.807) is 25.4 Å². The molecule has 0 amide bonds. The van der Waals surface area contributed by atoms with Crippen LogP contribution < -0.4 is 10.1 Å². The van der Waals surface area contributed by atoms with Gasteiger partial charge in [0.05, 0.1) is 24.9 Å². The lowest BCUT2D eigenvalue weighted by molar-refractivity contribution is 0.410. The second-order valence-electron chi connectivity index (χ2n) is 4.96. The van der Waals surface area contributed by atoms with E-state index in [1.807, 2.05) is 31.2 Å². The maximum atomic E-state index is 10.0. The minimum Gasteiger partial charge on any atom is -0.508 e. The zero-order valence-corrected chi connectivity index (χ0v) is 11.9. The van der Waals surface area contributed by atoms with E-state index in [0.717, 1.165) is 27.9 Å². The van der Waals surface area contributed by atoms with Gasteiger partial charge in [-0.1, -0.05) is 0 Å². The molecule has 0 fully saturated rings. The highest BCUT2D eigenvalue weighted by Gasteiger charge is 2.12. The molecule has 1 unspecified atom stereocenters. The normalized spacial score (nSPS) is 12.3. The number of anilines is 1. The van der Waals surface area contributed by atoms with Gasteiger partial charge in [-0.25, -0.2) is 0 Å². The first-order valence-electron chi connectivity index (χ1n) is 6.74. The van der Waals surface area contributed by atoms with Gasteiger partial charge in [-0.3, -0.25) is 5.10 Å². The fraction of sp³-hybridized carbons (Fsp3) is 0.188. The monoisotopic (exact) mass is 283 g/mol. The highest BCUT2D eigenvalue weighted by atomic mass is 16.5. The molecule has 0 saturated heterocycles. The second kappa shape index (κ2) is 5.36. The maximum absolute atomic E-state index is 10.0. The topological polar surface area (TPSA) is 70.2 Å². The molecule has 3 aromatic rings. The first-order chi connectivity index (χ1) is 10.2. The average molecular weight is 283 g/mol. The molecule has 1 atom stereocenters. The number of aromatic nitrogens is 2. The van der Waals surface area contributed by atoms with Crippen LogP contribution >= 0.6 is 0 Å². The molecule has 1 heterocycles. The standard InChI is InChI=1S/C16H17N3O2/c1-10(14-8-13(21-2)5-6-16(14)20)18-12-4-3-11-9-17-19-15(11)7-12/h3-10,18,20H,1-2H3,(H,17,19). The van der Waals surface area contributed by atoms with Crippen LogP contribution in [-0.4, -0.2) is 22.4 Å². The van der Waals surface area contributed by atoms with Crippen LogP contribution in [0.2, 0.25) is 0 Å². The molecule has 0 aliphatic carbocycles. The van der Waals surface area contributed by atoms with Crippen LogP contribution in [0, 0.1) is 0 Å². The summed E-state index contributed by atoms with van der Waals surface area (Å²) < 4.78 is 5.21. The van der Waals surface area contributed by atoms with Crippen LogP contribution in [0.5, 0.6) is 11.5 Å². The van der Waals surface area contributed by atoms with Gasteiger partial charge >= 0.3 is 0 Å². The van der Waals surface area contributed by atoms with Crippen molar-refractivity contribution in [1.29, 1.82) is 0 Å². The fourth-order valence-electron chi connectivity index (χ4n) is 2.36. The minimum atomic E-state index is -0.0551. The lowest BCUT2D eigenvalue weighted by Gasteiger charge is -2.17. The van der Waals surface area contributed by atoms with E-state index in [0.29, 0.717) is 0 Å². The van der Waals surface area contributed by atoms with Crippen molar-refractivity contribution in [1.82, 2.24) is 10.2 Å². The summed E-state index contributed by atoms with van der Waals surface area (Å²) in [5.74, 6) is 0.971. The van der Waals surface area contributed by atoms with E-state index in [-0.39, 0.29) is 11.8 Å². The number of nitrogens with one attached hydrogen (secondary N) is 2. The lowest BCUT2D eigenvalue weighted by atomic mass is 10.1. The predicted molar refractivity (Wildman–Crippen MR) is 82.8 cm³/mol. The van der Waals surface area contributed by atoms with E-state index in [4.69, 9.17) is 4.74 Å². The molecule has 0 radical (unpaired) electrons. The minimum absolute atomic E-state index is 0.0551. The Morgan fingerprint density at radius 1 is 1.24 bits per heavy atom. The number of phenols is 1. The molecule has 0 aliphatic heterocycles. The summed E-state index contributed by atoms with van der Waals surface area (Å²) in [6.45, 7) is 1.99. The number of H-pyrrole nitrogens is 1. The molecule has 5 nitrogen and oxygen atoms in total. The van der Waals surface area contributed by atoms with Crippen LogP contribution in [0.4, 0.5) is 5.69 Å². The van der Waals surface area contributed by atoms with Crippen molar-refractivity contribution in [2.75, 3.05) is 12.4 Å². The summed E-state index contributed by atoms with van der Waals surface area (Å²) in [5, 5.41) is 21.4. The zero-order valence-electron chi connectivity index (χ0n) is 11.9. The van der Waals surface area contributed by atoms with Crippen molar-refractivity contribution in [3.63, 3.8) is 0 Å². The van der Waals surface area contributed by atoms with E-state index >= 15 is 0 Å². The van der Waals surface area contributed by atoms with Gasteiger partial charge in [0.2, 0.25) is 0 Å². The Balaban J connectivity index is 1.86. The average Bonchev–Trinajstić information content (AvgIpc) is 2.95. The van der Waals surface area contributed by atoms with Gasteiger partial charge in [-0.2, -0.15) is 5.10 Å². The number of aromatic amines is 1. The number of hydrogen-bond acceptors (Lipinski definition) is 4. The highest BCUT2D eigenvalue weighted by molar-refractivity contribution is 5.81. The molecule has 0 bridgehead atoms. The lowest BCUT2D eigenvalue weighted by Crippen LogP contribution is -2.07. The molecule has 1 aromatic heterocycles. The summed E-state index contributed by atoms with van der Waals surface area (Å²) in [7, 11) is 1.61. The number of phenolic OH excluding ortho intramolecular Hbond substituents is 1. The summed E-state index contributed by atoms with van der Waals surface area (Å²) in [6, 6.07) is 11.1.